The number of amides is 1. The van der Waals surface area contributed by atoms with Gasteiger partial charge in [-0.25, -0.2) is 4.79 Å². The van der Waals surface area contributed by atoms with Gasteiger partial charge in [-0.1, -0.05) is 12.1 Å². The van der Waals surface area contributed by atoms with Crippen LogP contribution in [-0.4, -0.2) is 32.1 Å². The van der Waals surface area contributed by atoms with E-state index >= 15 is 0 Å². The molecular weight excluding hydrogens is 601 g/mol. The first kappa shape index (κ1) is 28.4. The molecule has 3 N–H and O–H groups in total. The number of rotatable bonds is 7. The second-order valence-electron chi connectivity index (χ2n) is 8.52. The molecule has 40 heavy (non-hydrogen) atoms. The van der Waals surface area contributed by atoms with Crippen LogP contribution in [0.4, 0.5) is 13.2 Å². The van der Waals surface area contributed by atoms with Gasteiger partial charge in [-0.2, -0.15) is 9.78 Å². The number of carbonyl (C=O) groups excluding carboxylic acids is 1. The molecule has 4 rings (SSSR count). The number of alkyl halides is 3. The molecule has 208 valence electrons. The number of hydrogen-bond acceptors (Lipinski definition) is 7. The molecule has 1 amide bonds. The molecule has 0 radical (unpaired) electrons. The Morgan fingerprint density at radius 2 is 1.77 bits per heavy atom. The summed E-state index contributed by atoms with van der Waals surface area (Å²) < 4.78 is 48.5. The van der Waals surface area contributed by atoms with Gasteiger partial charge < -0.3 is 19.9 Å². The van der Waals surface area contributed by atoms with Gasteiger partial charge in [-0.05, 0) is 88.9 Å². The molecule has 0 bridgehead atoms. The summed E-state index contributed by atoms with van der Waals surface area (Å²) in [6, 6.07) is 12.7. The van der Waals surface area contributed by atoms with E-state index in [1.54, 1.807) is 38.1 Å². The number of benzene rings is 3. The third kappa shape index (κ3) is 6.69. The number of carbonyl (C=O) groups is 1. The zero-order valence-corrected chi connectivity index (χ0v) is 22.4. The molecule has 0 unspecified atom stereocenters. The molecule has 0 fully saturated rings. The van der Waals surface area contributed by atoms with E-state index in [4.69, 9.17) is 4.74 Å². The summed E-state index contributed by atoms with van der Waals surface area (Å²) in [5.74, 6) is -0.460. The minimum absolute atomic E-state index is 0.0449. The number of aryl methyl sites for hydroxylation is 2. The number of aromatic hydroxyl groups is 1. The standard InChI is InChI=1S/C26H20BrF3N4O6/c1-13-8-16(9-14(2)22(13)39-17-6-7-20(35)19(27)11-17)34-25(38)32-24(37)21(33-34)23(36)31-12-15-4-3-5-18(10-15)40-26(28,29)30/h3-11,35H,12H2,1-2H3,(H,31,36)(H,32,37,38). The molecular formula is C26H20BrF3N4O6. The van der Waals surface area contributed by atoms with Crippen LogP contribution in [0.5, 0.6) is 23.0 Å². The summed E-state index contributed by atoms with van der Waals surface area (Å²) in [6.45, 7) is 3.20. The smallest absolute Gasteiger partial charge is 0.507 e. The molecule has 0 saturated heterocycles. The highest BCUT2D eigenvalue weighted by molar-refractivity contribution is 9.10. The number of hydrogen-bond donors (Lipinski definition) is 3. The van der Waals surface area contributed by atoms with Crippen molar-refractivity contribution in [1.82, 2.24) is 20.1 Å². The van der Waals surface area contributed by atoms with Gasteiger partial charge in [0.1, 0.15) is 23.0 Å². The van der Waals surface area contributed by atoms with Crippen LogP contribution in [0.15, 0.2) is 68.7 Å². The van der Waals surface area contributed by atoms with Crippen LogP contribution in [0.1, 0.15) is 27.2 Å². The first-order valence-corrected chi connectivity index (χ1v) is 12.2. The van der Waals surface area contributed by atoms with Gasteiger partial charge in [0, 0.05) is 6.54 Å². The number of halogens is 4. The lowest BCUT2D eigenvalue weighted by Crippen LogP contribution is -2.39. The van der Waals surface area contributed by atoms with Crippen molar-refractivity contribution < 1.29 is 32.5 Å². The Morgan fingerprint density at radius 3 is 2.42 bits per heavy atom. The van der Waals surface area contributed by atoms with E-state index in [9.17, 15) is 32.7 Å². The molecule has 14 heteroatoms. The van der Waals surface area contributed by atoms with Crippen molar-refractivity contribution in [2.45, 2.75) is 26.8 Å². The van der Waals surface area contributed by atoms with E-state index in [0.717, 1.165) is 16.8 Å². The lowest BCUT2D eigenvalue weighted by Gasteiger charge is -2.15. The Hall–Kier alpha value is -4.59. The van der Waals surface area contributed by atoms with Gasteiger partial charge in [-0.3, -0.25) is 14.6 Å². The number of aromatic nitrogens is 3. The van der Waals surface area contributed by atoms with Crippen LogP contribution in [0, 0.1) is 13.8 Å². The Kier molecular flexibility index (Phi) is 8.00. The van der Waals surface area contributed by atoms with Crippen LogP contribution in [0.2, 0.25) is 0 Å². The first-order chi connectivity index (χ1) is 18.8. The second kappa shape index (κ2) is 11.3. The zero-order chi connectivity index (χ0) is 29.2. The molecule has 0 spiro atoms. The predicted molar refractivity (Wildman–Crippen MR) is 140 cm³/mol. The highest BCUT2D eigenvalue weighted by atomic mass is 79.9. The normalized spacial score (nSPS) is 11.2. The van der Waals surface area contributed by atoms with Crippen LogP contribution in [-0.2, 0) is 6.54 Å². The largest absolute Gasteiger partial charge is 0.573 e. The molecule has 0 aliphatic carbocycles. The molecule has 1 aromatic heterocycles. The number of phenolic OH excluding ortho intramolecular Hbond substituents is 1. The maximum absolute atomic E-state index is 12.7. The average Bonchev–Trinajstić information content (AvgIpc) is 2.86. The number of H-pyrrole nitrogens is 1. The van der Waals surface area contributed by atoms with Gasteiger partial charge in [0.15, 0.2) is 0 Å². The summed E-state index contributed by atoms with van der Waals surface area (Å²) >= 11 is 3.22. The van der Waals surface area contributed by atoms with Crippen LogP contribution < -0.4 is 26.0 Å². The average molecular weight is 621 g/mol. The van der Waals surface area contributed by atoms with Gasteiger partial charge in [0.05, 0.1) is 10.2 Å². The molecule has 4 aromatic rings. The number of nitrogens with one attached hydrogen (secondary N) is 2. The molecule has 0 atom stereocenters. The van der Waals surface area contributed by atoms with Crippen LogP contribution in [0.3, 0.4) is 0 Å². The van der Waals surface area contributed by atoms with E-state index in [2.05, 4.69) is 31.1 Å². The van der Waals surface area contributed by atoms with Crippen LogP contribution in [0.25, 0.3) is 5.69 Å². The second-order valence-corrected chi connectivity index (χ2v) is 9.38. The van der Waals surface area contributed by atoms with E-state index in [1.807, 2.05) is 4.98 Å². The first-order valence-electron chi connectivity index (χ1n) is 11.5. The van der Waals surface area contributed by atoms with Crippen molar-refractivity contribution in [2.75, 3.05) is 0 Å². The fraction of sp³-hybridized carbons (Fsp3) is 0.154. The van der Waals surface area contributed by atoms with Gasteiger partial charge in [0.2, 0.25) is 5.69 Å². The Labute approximate surface area is 232 Å². The minimum atomic E-state index is -4.88. The van der Waals surface area contributed by atoms with Gasteiger partial charge in [-0.15, -0.1) is 13.2 Å². The van der Waals surface area contributed by atoms with Crippen molar-refractivity contribution in [2.24, 2.45) is 0 Å². The van der Waals surface area contributed by atoms with E-state index in [0.29, 0.717) is 27.1 Å². The molecule has 10 nitrogen and oxygen atoms in total. The van der Waals surface area contributed by atoms with Crippen molar-refractivity contribution in [3.05, 3.63) is 102 Å². The highest BCUT2D eigenvalue weighted by Crippen LogP contribution is 2.34. The Morgan fingerprint density at radius 1 is 1.07 bits per heavy atom. The quantitative estimate of drug-likeness (QED) is 0.274. The fourth-order valence-corrected chi connectivity index (χ4v) is 4.08. The number of phenols is 1. The fourth-order valence-electron chi connectivity index (χ4n) is 3.72. The van der Waals surface area contributed by atoms with Crippen molar-refractivity contribution >= 4 is 21.8 Å². The van der Waals surface area contributed by atoms with E-state index in [-0.39, 0.29) is 23.5 Å². The summed E-state index contributed by atoms with van der Waals surface area (Å²) in [5.41, 5.74) is -0.861. The third-order valence-electron chi connectivity index (χ3n) is 5.46. The predicted octanol–water partition coefficient (Wildman–Crippen LogP) is 4.63. The topological polar surface area (TPSA) is 136 Å². The van der Waals surface area contributed by atoms with Gasteiger partial charge in [0.25, 0.3) is 11.5 Å². The van der Waals surface area contributed by atoms with E-state index < -0.39 is 35.0 Å². The molecule has 0 aliphatic rings. The summed E-state index contributed by atoms with van der Waals surface area (Å²) in [7, 11) is 0. The maximum Gasteiger partial charge on any atom is 0.573 e. The molecule has 0 aliphatic heterocycles. The van der Waals surface area contributed by atoms with Crippen molar-refractivity contribution in [3.8, 4) is 28.7 Å². The Balaban J connectivity index is 1.57. The van der Waals surface area contributed by atoms with Crippen LogP contribution >= 0.6 is 15.9 Å². The number of aromatic amines is 1. The molecule has 1 heterocycles. The lowest BCUT2D eigenvalue weighted by molar-refractivity contribution is -0.274. The summed E-state index contributed by atoms with van der Waals surface area (Å²) in [5, 5.41) is 16.0. The Bertz CT molecular complexity index is 1700. The highest BCUT2D eigenvalue weighted by Gasteiger charge is 2.31. The molecule has 3 aromatic carbocycles. The van der Waals surface area contributed by atoms with Crippen molar-refractivity contribution in [3.63, 3.8) is 0 Å². The monoisotopic (exact) mass is 620 g/mol. The number of nitrogens with zero attached hydrogens (tertiary/aromatic N) is 2. The van der Waals surface area contributed by atoms with Crippen molar-refractivity contribution in [1.29, 1.82) is 0 Å². The summed E-state index contributed by atoms with van der Waals surface area (Å²) in [6.07, 6.45) is -4.88. The number of ether oxygens (including phenoxy) is 2. The third-order valence-corrected chi connectivity index (χ3v) is 6.09. The summed E-state index contributed by atoms with van der Waals surface area (Å²) in [4.78, 5) is 39.7. The SMILES string of the molecule is Cc1cc(-n2nc(C(=O)NCc3cccc(OC(F)(F)F)c3)c(=O)[nH]c2=O)cc(C)c1Oc1ccc(O)c(Br)c1. The zero-order valence-electron chi connectivity index (χ0n) is 20.8. The van der Waals surface area contributed by atoms with E-state index in [1.165, 1.54) is 18.2 Å². The minimum Gasteiger partial charge on any atom is -0.507 e. The molecule has 0 saturated carbocycles. The van der Waals surface area contributed by atoms with Gasteiger partial charge >= 0.3 is 12.1 Å². The lowest BCUT2D eigenvalue weighted by atomic mass is 10.1. The maximum atomic E-state index is 12.7.